The summed E-state index contributed by atoms with van der Waals surface area (Å²) < 4.78 is 34.6. The molecule has 0 aliphatic rings. The molecule has 0 heterocycles. The minimum atomic E-state index is -4.39. The monoisotopic (exact) mass is 1030 g/mol. The van der Waals surface area contributed by atoms with Gasteiger partial charge in [0.15, 0.2) is 6.10 Å². The Bertz CT molecular complexity index is 1450. The lowest BCUT2D eigenvalue weighted by Crippen LogP contribution is -2.37. The van der Waals surface area contributed by atoms with Gasteiger partial charge in [-0.3, -0.25) is 18.6 Å². The van der Waals surface area contributed by atoms with Crippen LogP contribution in [0.25, 0.3) is 0 Å². The van der Waals surface area contributed by atoms with E-state index in [4.69, 9.17) is 18.5 Å². The first-order valence-electron chi connectivity index (χ1n) is 29.7. The largest absolute Gasteiger partial charge is 0.472 e. The summed E-state index contributed by atoms with van der Waals surface area (Å²) in [5.41, 5.74) is 0. The van der Waals surface area contributed by atoms with Gasteiger partial charge < -0.3 is 18.9 Å². The Morgan fingerprint density at radius 1 is 0.444 bits per heavy atom. The number of allylic oxidation sites excluding steroid dienone is 12. The molecule has 0 aliphatic carbocycles. The highest BCUT2D eigenvalue weighted by Crippen LogP contribution is 2.43. The van der Waals surface area contributed by atoms with Crippen LogP contribution >= 0.6 is 7.82 Å². The number of phosphoric ester groups is 1. The molecular formula is C62H113NO8P+. The van der Waals surface area contributed by atoms with E-state index >= 15 is 0 Å². The SMILES string of the molecule is CC/C=C\C/C=C\C/C=C\CCCCCCCCCC(=O)OCC(COP(=O)(O)OCC[N+](C)(C)C)OC(=O)CCCCCCCCCCCCCCCCCC/C=C\C/C=C\C/C=C\CCCCCCC. The van der Waals surface area contributed by atoms with Gasteiger partial charge >= 0.3 is 19.8 Å². The van der Waals surface area contributed by atoms with E-state index in [0.717, 1.165) is 77.0 Å². The fourth-order valence-corrected chi connectivity index (χ4v) is 8.90. The minimum Gasteiger partial charge on any atom is -0.462 e. The Kier molecular flexibility index (Phi) is 51.4. The van der Waals surface area contributed by atoms with Crippen molar-refractivity contribution in [3.05, 3.63) is 72.9 Å². The molecule has 0 amide bonds. The summed E-state index contributed by atoms with van der Waals surface area (Å²) in [4.78, 5) is 35.7. The maximum atomic E-state index is 12.8. The van der Waals surface area contributed by atoms with Crippen LogP contribution in [-0.4, -0.2) is 74.9 Å². The van der Waals surface area contributed by atoms with E-state index in [1.165, 1.54) is 148 Å². The second-order valence-electron chi connectivity index (χ2n) is 21.0. The molecule has 0 fully saturated rings. The lowest BCUT2D eigenvalue weighted by molar-refractivity contribution is -0.870. The lowest BCUT2D eigenvalue weighted by atomic mass is 10.0. The van der Waals surface area contributed by atoms with E-state index in [1.54, 1.807) is 0 Å². The number of phosphoric acid groups is 1. The number of carbonyl (C=O) groups is 2. The van der Waals surface area contributed by atoms with Crippen LogP contribution < -0.4 is 0 Å². The molecule has 0 radical (unpaired) electrons. The standard InChI is InChI=1S/C62H112NO8P/c1-6-8-10-12-14-16-18-20-22-24-25-26-27-28-29-30-31-32-33-34-35-36-37-39-41-43-45-47-49-51-53-55-62(65)71-60(59-70-72(66,67)69-57-56-63(3,4)5)58-68-61(64)54-52-50-48-46-44-42-40-38-23-21-19-17-15-13-11-9-7-2/h9,11,15,17-18,20-21,23-25,27-28,60H,6-8,10,12-14,16,19,22,26,29-59H2,1-5H3/p+1/b11-9-,17-15-,20-18-,23-21-,25-24-,28-27-. The number of hydrogen-bond acceptors (Lipinski definition) is 7. The van der Waals surface area contributed by atoms with E-state index in [-0.39, 0.29) is 32.0 Å². The molecule has 0 saturated heterocycles. The average molecular weight is 1030 g/mol. The van der Waals surface area contributed by atoms with Gasteiger partial charge in [0.25, 0.3) is 0 Å². The van der Waals surface area contributed by atoms with Crippen molar-refractivity contribution in [1.29, 1.82) is 0 Å². The number of rotatable bonds is 54. The molecule has 1 N–H and O–H groups in total. The predicted molar refractivity (Wildman–Crippen MR) is 307 cm³/mol. The number of unbranched alkanes of at least 4 members (excludes halogenated alkanes) is 28. The Morgan fingerprint density at radius 3 is 1.18 bits per heavy atom. The van der Waals surface area contributed by atoms with Crippen LogP contribution in [0, 0.1) is 0 Å². The third-order valence-corrected chi connectivity index (χ3v) is 13.7. The number of ether oxygens (including phenoxy) is 2. The molecule has 0 saturated carbocycles. The Hall–Kier alpha value is -2.55. The second-order valence-corrected chi connectivity index (χ2v) is 22.5. The van der Waals surface area contributed by atoms with Crippen LogP contribution in [0.1, 0.15) is 258 Å². The van der Waals surface area contributed by atoms with E-state index in [9.17, 15) is 19.0 Å². The van der Waals surface area contributed by atoms with Crippen LogP contribution in [0.15, 0.2) is 72.9 Å². The summed E-state index contributed by atoms with van der Waals surface area (Å²) in [5, 5.41) is 0. The molecule has 0 aromatic heterocycles. The van der Waals surface area contributed by atoms with Gasteiger partial charge in [-0.25, -0.2) is 4.57 Å². The van der Waals surface area contributed by atoms with Gasteiger partial charge in [-0.05, 0) is 83.5 Å². The maximum Gasteiger partial charge on any atom is 0.472 e. The fraction of sp³-hybridized carbons (Fsp3) is 0.774. The first-order chi connectivity index (χ1) is 35.0. The number of likely N-dealkylation sites (N-methyl/N-ethyl adjacent to an activating group) is 1. The first-order valence-corrected chi connectivity index (χ1v) is 31.2. The summed E-state index contributed by atoms with van der Waals surface area (Å²) in [5.74, 6) is -0.805. The Morgan fingerprint density at radius 2 is 0.792 bits per heavy atom. The summed E-state index contributed by atoms with van der Waals surface area (Å²) in [6, 6.07) is 0. The van der Waals surface area contributed by atoms with Gasteiger partial charge in [0.2, 0.25) is 0 Å². The third kappa shape index (κ3) is 56.7. The number of hydrogen-bond donors (Lipinski definition) is 1. The van der Waals surface area contributed by atoms with E-state index in [0.29, 0.717) is 17.4 Å². The molecule has 0 bridgehead atoms. The zero-order valence-corrected chi connectivity index (χ0v) is 48.3. The minimum absolute atomic E-state index is 0.0280. The molecule has 0 spiro atoms. The summed E-state index contributed by atoms with van der Waals surface area (Å²) in [7, 11) is 1.47. The van der Waals surface area contributed by atoms with Crippen LogP contribution in [0.2, 0.25) is 0 Å². The molecular weight excluding hydrogens is 918 g/mol. The zero-order valence-electron chi connectivity index (χ0n) is 47.4. The van der Waals surface area contributed by atoms with Crippen LogP contribution in [0.3, 0.4) is 0 Å². The molecule has 0 aromatic carbocycles. The van der Waals surface area contributed by atoms with Crippen molar-refractivity contribution in [2.75, 3.05) is 47.5 Å². The normalized spacial score (nSPS) is 13.8. The Labute approximate surface area is 444 Å². The van der Waals surface area contributed by atoms with Crippen molar-refractivity contribution >= 4 is 19.8 Å². The number of carbonyl (C=O) groups excluding carboxylic acids is 2. The number of quaternary nitrogens is 1. The molecule has 0 aromatic rings. The predicted octanol–water partition coefficient (Wildman–Crippen LogP) is 18.5. The molecule has 0 aliphatic heterocycles. The van der Waals surface area contributed by atoms with Crippen LogP contribution in [0.4, 0.5) is 0 Å². The summed E-state index contributed by atoms with van der Waals surface area (Å²) in [6.07, 6.45) is 69.8. The highest BCUT2D eigenvalue weighted by atomic mass is 31.2. The summed E-state index contributed by atoms with van der Waals surface area (Å²) in [6.45, 7) is 4.31. The van der Waals surface area contributed by atoms with Crippen molar-refractivity contribution in [1.82, 2.24) is 0 Å². The van der Waals surface area contributed by atoms with Crippen molar-refractivity contribution < 1.29 is 42.1 Å². The molecule has 10 heteroatoms. The van der Waals surface area contributed by atoms with Crippen molar-refractivity contribution in [3.63, 3.8) is 0 Å². The van der Waals surface area contributed by atoms with Crippen molar-refractivity contribution in [2.24, 2.45) is 0 Å². The maximum absolute atomic E-state index is 12.8. The van der Waals surface area contributed by atoms with Gasteiger partial charge in [0.05, 0.1) is 27.7 Å². The number of esters is 2. The summed E-state index contributed by atoms with van der Waals surface area (Å²) >= 11 is 0. The lowest BCUT2D eigenvalue weighted by Gasteiger charge is -2.24. The van der Waals surface area contributed by atoms with E-state index in [1.807, 2.05) is 21.1 Å². The highest BCUT2D eigenvalue weighted by molar-refractivity contribution is 7.47. The molecule has 2 unspecified atom stereocenters. The molecule has 9 nitrogen and oxygen atoms in total. The Balaban J connectivity index is 4.09. The van der Waals surface area contributed by atoms with E-state index < -0.39 is 26.5 Å². The third-order valence-electron chi connectivity index (χ3n) is 12.7. The topological polar surface area (TPSA) is 108 Å². The van der Waals surface area contributed by atoms with Crippen LogP contribution in [0.5, 0.6) is 0 Å². The van der Waals surface area contributed by atoms with E-state index in [2.05, 4.69) is 86.8 Å². The van der Waals surface area contributed by atoms with Gasteiger partial charge in [-0.2, -0.15) is 0 Å². The zero-order chi connectivity index (χ0) is 52.7. The van der Waals surface area contributed by atoms with Crippen molar-refractivity contribution in [3.8, 4) is 0 Å². The number of nitrogens with zero attached hydrogens (tertiary/aromatic N) is 1. The smallest absolute Gasteiger partial charge is 0.462 e. The van der Waals surface area contributed by atoms with Crippen LogP contribution in [-0.2, 0) is 32.7 Å². The fourth-order valence-electron chi connectivity index (χ4n) is 8.16. The van der Waals surface area contributed by atoms with Gasteiger partial charge in [-0.15, -0.1) is 0 Å². The second kappa shape index (κ2) is 53.3. The molecule has 0 rings (SSSR count). The van der Waals surface area contributed by atoms with Gasteiger partial charge in [0, 0.05) is 12.8 Å². The van der Waals surface area contributed by atoms with Gasteiger partial charge in [-0.1, -0.05) is 234 Å². The van der Waals surface area contributed by atoms with Crippen molar-refractivity contribution in [2.45, 2.75) is 264 Å². The highest BCUT2D eigenvalue weighted by Gasteiger charge is 2.27. The van der Waals surface area contributed by atoms with Gasteiger partial charge in [0.1, 0.15) is 19.8 Å². The average Bonchev–Trinajstić information content (AvgIpc) is 3.34. The first kappa shape index (κ1) is 69.5. The molecule has 418 valence electrons. The molecule has 72 heavy (non-hydrogen) atoms. The molecule has 2 atom stereocenters. The quantitative estimate of drug-likeness (QED) is 0.0211.